The molecule has 0 aliphatic carbocycles. The molecule has 0 saturated heterocycles. The van der Waals surface area contributed by atoms with Crippen LogP contribution in [0.4, 0.5) is 13.6 Å². The van der Waals surface area contributed by atoms with Crippen LogP contribution in [-0.4, -0.2) is 42.1 Å². The number of amides is 1. The topological polar surface area (TPSA) is 86.2 Å². The normalized spacial score (nSPS) is 18.9. The van der Waals surface area contributed by atoms with Crippen LogP contribution in [-0.2, 0) is 25.5 Å². The Balaban J connectivity index is 2.12. The summed E-state index contributed by atoms with van der Waals surface area (Å²) in [7, 11) is 0. The van der Waals surface area contributed by atoms with Crippen LogP contribution in [0.25, 0.3) is 0 Å². The van der Waals surface area contributed by atoms with E-state index in [0.717, 1.165) is 12.1 Å². The molecule has 1 aliphatic heterocycles. The minimum atomic E-state index is -1.70. The number of carbonyl (C=O) groups is 2. The maximum absolute atomic E-state index is 14.1. The Morgan fingerprint density at radius 2 is 1.93 bits per heavy atom. The molecule has 0 saturated carbocycles. The number of nitrogens with one attached hydrogen (secondary N) is 1. The number of nitrogens with zero attached hydrogens (tertiary/aromatic N) is 1. The van der Waals surface area contributed by atoms with Crippen molar-refractivity contribution in [3.8, 4) is 0 Å². The standard InChI is InChI=1S/C19H24F2N2O5/c1-5-26-16(24)19(10-13-14(20)7-6-8-15(13)21)9-12(23-28-19)11-22-17(25)27-18(2,3)4/h6-8H,5,9-11H2,1-4H3,(H,22,25). The van der Waals surface area contributed by atoms with Gasteiger partial charge in [0.15, 0.2) is 0 Å². The molecular formula is C19H24F2N2O5. The molecule has 1 heterocycles. The lowest BCUT2D eigenvalue weighted by molar-refractivity contribution is -0.169. The summed E-state index contributed by atoms with van der Waals surface area (Å²) in [5.41, 5.74) is -2.36. The molecule has 0 spiro atoms. The van der Waals surface area contributed by atoms with E-state index in [0.29, 0.717) is 5.71 Å². The zero-order valence-corrected chi connectivity index (χ0v) is 16.3. The molecule has 0 fully saturated rings. The highest BCUT2D eigenvalue weighted by atomic mass is 19.1. The van der Waals surface area contributed by atoms with Crippen LogP contribution >= 0.6 is 0 Å². The van der Waals surface area contributed by atoms with E-state index in [1.807, 2.05) is 0 Å². The van der Waals surface area contributed by atoms with Gasteiger partial charge in [-0.1, -0.05) is 11.2 Å². The molecule has 1 aliphatic rings. The van der Waals surface area contributed by atoms with Crippen LogP contribution in [0, 0.1) is 11.6 Å². The molecule has 0 bridgehead atoms. The summed E-state index contributed by atoms with van der Waals surface area (Å²) in [6.07, 6.45) is -1.15. The molecular weight excluding hydrogens is 374 g/mol. The van der Waals surface area contributed by atoms with Crippen molar-refractivity contribution in [2.45, 2.75) is 51.7 Å². The van der Waals surface area contributed by atoms with Crippen molar-refractivity contribution in [1.82, 2.24) is 5.32 Å². The highest BCUT2D eigenvalue weighted by molar-refractivity contribution is 5.96. The molecule has 1 aromatic rings. The van der Waals surface area contributed by atoms with Gasteiger partial charge >= 0.3 is 12.1 Å². The van der Waals surface area contributed by atoms with Gasteiger partial charge in [-0.2, -0.15) is 0 Å². The highest BCUT2D eigenvalue weighted by Gasteiger charge is 2.49. The zero-order valence-electron chi connectivity index (χ0n) is 16.3. The van der Waals surface area contributed by atoms with Crippen molar-refractivity contribution in [1.29, 1.82) is 0 Å². The number of hydrogen-bond donors (Lipinski definition) is 1. The summed E-state index contributed by atoms with van der Waals surface area (Å²) in [5.74, 6) is -2.38. The van der Waals surface area contributed by atoms with Crippen molar-refractivity contribution in [2.75, 3.05) is 13.2 Å². The Bertz CT molecular complexity index is 756. The van der Waals surface area contributed by atoms with Crippen LogP contribution < -0.4 is 5.32 Å². The number of hydrogen-bond acceptors (Lipinski definition) is 6. The van der Waals surface area contributed by atoms with Crippen LogP contribution in [0.2, 0.25) is 0 Å². The first-order valence-electron chi connectivity index (χ1n) is 8.87. The number of esters is 1. The fourth-order valence-corrected chi connectivity index (χ4v) is 2.66. The first kappa shape index (κ1) is 21.6. The van der Waals surface area contributed by atoms with Crippen molar-refractivity contribution < 1.29 is 32.7 Å². The Labute approximate surface area is 162 Å². The van der Waals surface area contributed by atoms with Crippen LogP contribution in [0.3, 0.4) is 0 Å². The summed E-state index contributed by atoms with van der Waals surface area (Å²) in [6, 6.07) is 3.42. The first-order valence-corrected chi connectivity index (χ1v) is 8.87. The predicted octanol–water partition coefficient (Wildman–Crippen LogP) is 3.11. The minimum absolute atomic E-state index is 0.0458. The van der Waals surface area contributed by atoms with Crippen molar-refractivity contribution >= 4 is 17.8 Å². The molecule has 1 N–H and O–H groups in total. The average molecular weight is 398 g/mol. The summed E-state index contributed by atoms with van der Waals surface area (Å²) < 4.78 is 38.3. The van der Waals surface area contributed by atoms with Gasteiger partial charge in [-0.05, 0) is 39.8 Å². The fraction of sp³-hybridized carbons (Fsp3) is 0.526. The van der Waals surface area contributed by atoms with Crippen molar-refractivity contribution in [2.24, 2.45) is 5.16 Å². The fourth-order valence-electron chi connectivity index (χ4n) is 2.66. The maximum atomic E-state index is 14.1. The highest BCUT2D eigenvalue weighted by Crippen LogP contribution is 2.31. The molecule has 2 rings (SSSR count). The van der Waals surface area contributed by atoms with Gasteiger partial charge in [0.1, 0.15) is 17.2 Å². The Hall–Kier alpha value is -2.71. The SMILES string of the molecule is CCOC(=O)C1(Cc2c(F)cccc2F)CC(CNC(=O)OC(C)(C)C)=NO1. The van der Waals surface area contributed by atoms with E-state index in [9.17, 15) is 18.4 Å². The number of ether oxygens (including phenoxy) is 2. The summed E-state index contributed by atoms with van der Waals surface area (Å²) in [4.78, 5) is 29.6. The second-order valence-electron chi connectivity index (χ2n) is 7.37. The van der Waals surface area contributed by atoms with E-state index < -0.39 is 41.3 Å². The van der Waals surface area contributed by atoms with Gasteiger partial charge in [-0.3, -0.25) is 0 Å². The lowest BCUT2D eigenvalue weighted by Gasteiger charge is -2.24. The van der Waals surface area contributed by atoms with Crippen LogP contribution in [0.5, 0.6) is 0 Å². The molecule has 1 unspecified atom stereocenters. The predicted molar refractivity (Wildman–Crippen MR) is 96.8 cm³/mol. The van der Waals surface area contributed by atoms with Crippen molar-refractivity contribution in [3.63, 3.8) is 0 Å². The van der Waals surface area contributed by atoms with Gasteiger partial charge in [0.05, 0.1) is 18.9 Å². The van der Waals surface area contributed by atoms with E-state index >= 15 is 0 Å². The van der Waals surface area contributed by atoms with Crippen LogP contribution in [0.1, 0.15) is 39.7 Å². The number of rotatable bonds is 6. The molecule has 1 amide bonds. The summed E-state index contributed by atoms with van der Waals surface area (Å²) in [6.45, 7) is 6.79. The van der Waals surface area contributed by atoms with E-state index in [4.69, 9.17) is 14.3 Å². The van der Waals surface area contributed by atoms with Gasteiger partial charge in [0, 0.05) is 18.4 Å². The average Bonchev–Trinajstić information content (AvgIpc) is 3.00. The molecule has 1 atom stereocenters. The Morgan fingerprint density at radius 3 is 2.50 bits per heavy atom. The number of halogens is 2. The second kappa shape index (κ2) is 8.53. The number of benzene rings is 1. The first-order chi connectivity index (χ1) is 13.1. The monoisotopic (exact) mass is 398 g/mol. The Morgan fingerprint density at radius 1 is 1.29 bits per heavy atom. The van der Waals surface area contributed by atoms with E-state index in [1.165, 1.54) is 6.07 Å². The smallest absolute Gasteiger partial charge is 0.407 e. The van der Waals surface area contributed by atoms with Gasteiger partial charge in [-0.25, -0.2) is 18.4 Å². The van der Waals surface area contributed by atoms with E-state index in [-0.39, 0.29) is 25.1 Å². The number of carbonyl (C=O) groups excluding carboxylic acids is 2. The number of alkyl carbamates (subject to hydrolysis) is 1. The lowest BCUT2D eigenvalue weighted by Crippen LogP contribution is -2.44. The minimum Gasteiger partial charge on any atom is -0.463 e. The molecule has 0 aromatic heterocycles. The molecule has 9 heteroatoms. The summed E-state index contributed by atoms with van der Waals surface area (Å²) >= 11 is 0. The largest absolute Gasteiger partial charge is 0.463 e. The summed E-state index contributed by atoms with van der Waals surface area (Å²) in [5, 5.41) is 6.32. The van der Waals surface area contributed by atoms with Crippen LogP contribution in [0.15, 0.2) is 23.4 Å². The quantitative estimate of drug-likeness (QED) is 0.744. The van der Waals surface area contributed by atoms with E-state index in [1.54, 1.807) is 27.7 Å². The molecule has 28 heavy (non-hydrogen) atoms. The molecule has 0 radical (unpaired) electrons. The zero-order chi connectivity index (χ0) is 20.9. The molecule has 154 valence electrons. The maximum Gasteiger partial charge on any atom is 0.407 e. The van der Waals surface area contributed by atoms with Crippen molar-refractivity contribution in [3.05, 3.63) is 35.4 Å². The third-order valence-corrected chi connectivity index (χ3v) is 3.85. The lowest BCUT2D eigenvalue weighted by atomic mass is 9.89. The molecule has 7 nitrogen and oxygen atoms in total. The Kier molecular flexibility index (Phi) is 6.58. The number of oxime groups is 1. The third kappa shape index (κ3) is 5.40. The van der Waals surface area contributed by atoms with Gasteiger partial charge in [0.25, 0.3) is 0 Å². The van der Waals surface area contributed by atoms with Gasteiger partial charge in [0.2, 0.25) is 5.60 Å². The van der Waals surface area contributed by atoms with Gasteiger partial charge in [-0.15, -0.1) is 0 Å². The van der Waals surface area contributed by atoms with Gasteiger partial charge < -0.3 is 19.6 Å². The second-order valence-corrected chi connectivity index (χ2v) is 7.37. The molecule has 1 aromatic carbocycles. The van der Waals surface area contributed by atoms with E-state index in [2.05, 4.69) is 10.5 Å². The third-order valence-electron chi connectivity index (χ3n) is 3.85.